The molecule has 0 aliphatic heterocycles. The standard InChI is InChI=1S/C20H23BrN2O3S/c1-3-5-11-26-18-10-9-14(12-17(18)21)19(24)23-20(27)22-15-7-6-8-16(13-15)25-4-2/h6-10,12-13H,3-5,11H2,1-2H3,(H2,22,23,24,27). The number of carbonyl (C=O) groups excluding carboxylic acids is 1. The van der Waals surface area contributed by atoms with E-state index < -0.39 is 0 Å². The molecule has 144 valence electrons. The average molecular weight is 451 g/mol. The van der Waals surface area contributed by atoms with Gasteiger partial charge in [-0.15, -0.1) is 0 Å². The van der Waals surface area contributed by atoms with Gasteiger partial charge in [0.05, 0.1) is 17.7 Å². The summed E-state index contributed by atoms with van der Waals surface area (Å²) in [4.78, 5) is 12.4. The van der Waals surface area contributed by atoms with Gasteiger partial charge in [0, 0.05) is 17.3 Å². The lowest BCUT2D eigenvalue weighted by Gasteiger charge is -2.12. The summed E-state index contributed by atoms with van der Waals surface area (Å²) in [5.74, 6) is 1.15. The third-order valence-electron chi connectivity index (χ3n) is 3.58. The molecule has 2 aromatic rings. The van der Waals surface area contributed by atoms with E-state index in [0.29, 0.717) is 24.5 Å². The molecule has 0 saturated heterocycles. The fraction of sp³-hybridized carbons (Fsp3) is 0.300. The molecule has 1 amide bonds. The number of anilines is 1. The molecular formula is C20H23BrN2O3S. The van der Waals surface area contributed by atoms with Crippen LogP contribution in [-0.4, -0.2) is 24.2 Å². The number of unbranched alkanes of at least 4 members (excludes halogenated alkanes) is 1. The van der Waals surface area contributed by atoms with Crippen molar-refractivity contribution in [3.05, 3.63) is 52.5 Å². The third kappa shape index (κ3) is 6.84. The van der Waals surface area contributed by atoms with Crippen LogP contribution in [0.5, 0.6) is 11.5 Å². The number of thiocarbonyl (C=S) groups is 1. The SMILES string of the molecule is CCCCOc1ccc(C(=O)NC(=S)Nc2cccc(OCC)c2)cc1Br. The number of nitrogens with one attached hydrogen (secondary N) is 2. The first kappa shape index (κ1) is 21.2. The van der Waals surface area contributed by atoms with Gasteiger partial charge in [0.25, 0.3) is 5.91 Å². The van der Waals surface area contributed by atoms with Crippen molar-refractivity contribution in [1.29, 1.82) is 0 Å². The molecule has 0 aromatic heterocycles. The van der Waals surface area contributed by atoms with Crippen molar-refractivity contribution >= 4 is 44.9 Å². The molecule has 27 heavy (non-hydrogen) atoms. The fourth-order valence-corrected chi connectivity index (χ4v) is 2.96. The minimum absolute atomic E-state index is 0.216. The molecule has 2 rings (SSSR count). The van der Waals surface area contributed by atoms with Crippen molar-refractivity contribution < 1.29 is 14.3 Å². The maximum atomic E-state index is 12.4. The van der Waals surface area contributed by atoms with Crippen LogP contribution < -0.4 is 20.1 Å². The van der Waals surface area contributed by atoms with E-state index in [1.807, 2.05) is 31.2 Å². The van der Waals surface area contributed by atoms with Crippen LogP contribution in [0.4, 0.5) is 5.69 Å². The van der Waals surface area contributed by atoms with E-state index in [4.69, 9.17) is 21.7 Å². The van der Waals surface area contributed by atoms with E-state index in [1.165, 1.54) is 0 Å². The Morgan fingerprint density at radius 3 is 2.67 bits per heavy atom. The minimum Gasteiger partial charge on any atom is -0.494 e. The Balaban J connectivity index is 1.95. The summed E-state index contributed by atoms with van der Waals surface area (Å²) < 4.78 is 11.9. The molecule has 0 fully saturated rings. The number of hydrogen-bond donors (Lipinski definition) is 2. The van der Waals surface area contributed by atoms with Gasteiger partial charge in [0.15, 0.2) is 5.11 Å². The van der Waals surface area contributed by atoms with Gasteiger partial charge in [-0.25, -0.2) is 0 Å². The molecule has 0 unspecified atom stereocenters. The van der Waals surface area contributed by atoms with Crippen LogP contribution in [0.15, 0.2) is 46.9 Å². The second-order valence-corrected chi connectivity index (χ2v) is 6.98. The number of benzene rings is 2. The minimum atomic E-state index is -0.297. The van der Waals surface area contributed by atoms with Crippen molar-refractivity contribution in [2.24, 2.45) is 0 Å². The maximum Gasteiger partial charge on any atom is 0.257 e. The molecule has 0 radical (unpaired) electrons. The van der Waals surface area contributed by atoms with Gasteiger partial charge in [-0.1, -0.05) is 19.4 Å². The molecule has 0 heterocycles. The normalized spacial score (nSPS) is 10.2. The zero-order chi connectivity index (χ0) is 19.6. The second kappa shape index (κ2) is 10.9. The zero-order valence-corrected chi connectivity index (χ0v) is 17.8. The maximum absolute atomic E-state index is 12.4. The van der Waals surface area contributed by atoms with Crippen LogP contribution in [0.2, 0.25) is 0 Å². The van der Waals surface area contributed by atoms with E-state index in [9.17, 15) is 4.79 Å². The van der Waals surface area contributed by atoms with Gasteiger partial charge < -0.3 is 14.8 Å². The van der Waals surface area contributed by atoms with Crippen LogP contribution >= 0.6 is 28.1 Å². The summed E-state index contributed by atoms with van der Waals surface area (Å²) in [6.45, 7) is 5.26. The van der Waals surface area contributed by atoms with Gasteiger partial charge in [-0.05, 0) is 71.8 Å². The monoisotopic (exact) mass is 450 g/mol. The van der Waals surface area contributed by atoms with Gasteiger partial charge >= 0.3 is 0 Å². The smallest absolute Gasteiger partial charge is 0.257 e. The summed E-state index contributed by atoms with van der Waals surface area (Å²) in [6, 6.07) is 12.6. The van der Waals surface area contributed by atoms with Gasteiger partial charge in [-0.2, -0.15) is 0 Å². The van der Waals surface area contributed by atoms with Crippen LogP contribution in [0, 0.1) is 0 Å². The molecule has 7 heteroatoms. The molecule has 5 nitrogen and oxygen atoms in total. The van der Waals surface area contributed by atoms with E-state index in [0.717, 1.165) is 28.8 Å². The highest BCUT2D eigenvalue weighted by molar-refractivity contribution is 9.10. The first-order valence-corrected chi connectivity index (χ1v) is 10.0. The van der Waals surface area contributed by atoms with Crippen molar-refractivity contribution in [3.8, 4) is 11.5 Å². The van der Waals surface area contributed by atoms with Crippen LogP contribution in [0.1, 0.15) is 37.0 Å². The first-order valence-electron chi connectivity index (χ1n) is 8.81. The Kier molecular flexibility index (Phi) is 8.54. The van der Waals surface area contributed by atoms with Crippen molar-refractivity contribution in [3.63, 3.8) is 0 Å². The lowest BCUT2D eigenvalue weighted by Crippen LogP contribution is -2.34. The largest absolute Gasteiger partial charge is 0.494 e. The molecule has 0 bridgehead atoms. The molecule has 0 saturated carbocycles. The molecule has 0 aliphatic rings. The Morgan fingerprint density at radius 1 is 1.15 bits per heavy atom. The highest BCUT2D eigenvalue weighted by atomic mass is 79.9. The molecule has 0 aliphatic carbocycles. The van der Waals surface area contributed by atoms with E-state index in [-0.39, 0.29) is 11.0 Å². The quantitative estimate of drug-likeness (QED) is 0.429. The number of hydrogen-bond acceptors (Lipinski definition) is 4. The fourth-order valence-electron chi connectivity index (χ4n) is 2.25. The molecular weight excluding hydrogens is 428 g/mol. The lowest BCUT2D eigenvalue weighted by atomic mass is 10.2. The second-order valence-electron chi connectivity index (χ2n) is 5.72. The molecule has 0 atom stereocenters. The van der Waals surface area contributed by atoms with Gasteiger partial charge in [0.2, 0.25) is 0 Å². The van der Waals surface area contributed by atoms with Gasteiger partial charge in [-0.3, -0.25) is 10.1 Å². The van der Waals surface area contributed by atoms with Crippen LogP contribution in [-0.2, 0) is 0 Å². The number of amides is 1. The Hall–Kier alpha value is -2.12. The summed E-state index contributed by atoms with van der Waals surface area (Å²) in [6.07, 6.45) is 2.05. The van der Waals surface area contributed by atoms with Crippen molar-refractivity contribution in [2.75, 3.05) is 18.5 Å². The summed E-state index contributed by atoms with van der Waals surface area (Å²) in [7, 11) is 0. The third-order valence-corrected chi connectivity index (χ3v) is 4.40. The van der Waals surface area contributed by atoms with Crippen LogP contribution in [0.25, 0.3) is 0 Å². The van der Waals surface area contributed by atoms with E-state index in [2.05, 4.69) is 33.5 Å². The van der Waals surface area contributed by atoms with Crippen LogP contribution in [0.3, 0.4) is 0 Å². The van der Waals surface area contributed by atoms with E-state index in [1.54, 1.807) is 18.2 Å². The summed E-state index contributed by atoms with van der Waals surface area (Å²) in [5, 5.41) is 5.87. The number of carbonyl (C=O) groups is 1. The lowest BCUT2D eigenvalue weighted by molar-refractivity contribution is 0.0977. The Morgan fingerprint density at radius 2 is 1.96 bits per heavy atom. The first-order chi connectivity index (χ1) is 13.0. The van der Waals surface area contributed by atoms with Gasteiger partial charge in [0.1, 0.15) is 11.5 Å². The predicted molar refractivity (Wildman–Crippen MR) is 116 cm³/mol. The average Bonchev–Trinajstić information content (AvgIpc) is 2.63. The number of rotatable bonds is 8. The highest BCUT2D eigenvalue weighted by Crippen LogP contribution is 2.26. The topological polar surface area (TPSA) is 59.6 Å². The number of ether oxygens (including phenoxy) is 2. The highest BCUT2D eigenvalue weighted by Gasteiger charge is 2.11. The Bertz CT molecular complexity index is 799. The Labute approximate surface area is 173 Å². The zero-order valence-electron chi connectivity index (χ0n) is 15.4. The molecule has 2 aromatic carbocycles. The summed E-state index contributed by atoms with van der Waals surface area (Å²) >= 11 is 8.67. The number of halogens is 1. The molecule has 0 spiro atoms. The van der Waals surface area contributed by atoms with Crippen molar-refractivity contribution in [2.45, 2.75) is 26.7 Å². The van der Waals surface area contributed by atoms with Crippen molar-refractivity contribution in [1.82, 2.24) is 5.32 Å². The molecule has 2 N–H and O–H groups in total. The summed E-state index contributed by atoms with van der Waals surface area (Å²) in [5.41, 5.74) is 1.23. The predicted octanol–water partition coefficient (Wildman–Crippen LogP) is 5.15. The van der Waals surface area contributed by atoms with E-state index >= 15 is 0 Å².